The molecule has 1 amide bonds. The minimum Gasteiger partial charge on any atom is -0.462 e. The summed E-state index contributed by atoms with van der Waals surface area (Å²) in [6.45, 7) is 3.99. The van der Waals surface area contributed by atoms with Crippen LogP contribution in [0.1, 0.15) is 46.0 Å². The number of benzene rings is 1. The predicted octanol–water partition coefficient (Wildman–Crippen LogP) is 2.29. The average molecular weight is 342 g/mol. The molecule has 0 atom stereocenters. The second-order valence-electron chi connectivity index (χ2n) is 6.04. The lowest BCUT2D eigenvalue weighted by atomic mass is 10.1. The van der Waals surface area contributed by atoms with Gasteiger partial charge in [0.2, 0.25) is 0 Å². The Bertz CT molecular complexity index is 809. The standard InChI is InChI=1S/C18H22N4O3/c1-4-25-18(24)14-10-20-22(16(14)19-3)15-9-12(6-5-11(15)2)17(23)21-13-7-8-13/h5-6,9-10,13,19H,4,7-8H2,1-3H3,(H,21,23). The van der Waals surface area contributed by atoms with Crippen LogP contribution in [0.15, 0.2) is 24.4 Å². The van der Waals surface area contributed by atoms with Crippen molar-refractivity contribution in [2.45, 2.75) is 32.7 Å². The maximum absolute atomic E-state index is 12.3. The zero-order valence-corrected chi connectivity index (χ0v) is 14.6. The molecular formula is C18H22N4O3. The fraction of sp³-hybridized carbons (Fsp3) is 0.389. The van der Waals surface area contributed by atoms with Crippen molar-refractivity contribution in [3.05, 3.63) is 41.1 Å². The van der Waals surface area contributed by atoms with Crippen molar-refractivity contribution in [1.29, 1.82) is 0 Å². The summed E-state index contributed by atoms with van der Waals surface area (Å²) in [5.74, 6) is 0.00668. The molecule has 0 saturated heterocycles. The number of rotatable bonds is 6. The number of aryl methyl sites for hydroxylation is 1. The molecule has 0 radical (unpaired) electrons. The Morgan fingerprint density at radius 3 is 2.76 bits per heavy atom. The van der Waals surface area contributed by atoms with Gasteiger partial charge in [-0.25, -0.2) is 9.48 Å². The Morgan fingerprint density at radius 2 is 2.12 bits per heavy atom. The molecule has 1 fully saturated rings. The third-order valence-electron chi connectivity index (χ3n) is 4.11. The molecule has 0 unspecified atom stereocenters. The fourth-order valence-electron chi connectivity index (χ4n) is 2.61. The Morgan fingerprint density at radius 1 is 1.36 bits per heavy atom. The molecule has 132 valence electrons. The van der Waals surface area contributed by atoms with Crippen LogP contribution in [0.25, 0.3) is 5.69 Å². The summed E-state index contributed by atoms with van der Waals surface area (Å²) in [5.41, 5.74) is 2.61. The first kappa shape index (κ1) is 17.0. The SMILES string of the molecule is CCOC(=O)c1cnn(-c2cc(C(=O)NC3CC3)ccc2C)c1NC. The normalized spacial score (nSPS) is 13.4. The van der Waals surface area contributed by atoms with Crippen molar-refractivity contribution in [3.8, 4) is 5.69 Å². The van der Waals surface area contributed by atoms with Crippen LogP contribution in [0, 0.1) is 6.92 Å². The number of hydrogen-bond donors (Lipinski definition) is 2. The first-order valence-corrected chi connectivity index (χ1v) is 8.40. The summed E-state index contributed by atoms with van der Waals surface area (Å²) in [6.07, 6.45) is 3.55. The van der Waals surface area contributed by atoms with E-state index in [1.54, 1.807) is 30.8 Å². The van der Waals surface area contributed by atoms with Crippen molar-refractivity contribution in [2.24, 2.45) is 0 Å². The number of esters is 1. The van der Waals surface area contributed by atoms with E-state index in [9.17, 15) is 9.59 Å². The number of amides is 1. The van der Waals surface area contributed by atoms with Gasteiger partial charge in [-0.15, -0.1) is 0 Å². The molecule has 0 aliphatic heterocycles. The first-order chi connectivity index (χ1) is 12.0. The minimum absolute atomic E-state index is 0.0903. The van der Waals surface area contributed by atoms with E-state index in [0.29, 0.717) is 29.6 Å². The van der Waals surface area contributed by atoms with E-state index in [0.717, 1.165) is 24.1 Å². The van der Waals surface area contributed by atoms with E-state index in [-0.39, 0.29) is 5.91 Å². The Hall–Kier alpha value is -2.83. The lowest BCUT2D eigenvalue weighted by molar-refractivity contribution is 0.0527. The molecule has 25 heavy (non-hydrogen) atoms. The van der Waals surface area contributed by atoms with Gasteiger partial charge in [-0.1, -0.05) is 6.07 Å². The van der Waals surface area contributed by atoms with E-state index < -0.39 is 5.97 Å². The molecule has 1 aromatic carbocycles. The van der Waals surface area contributed by atoms with E-state index in [4.69, 9.17) is 4.74 Å². The number of nitrogens with one attached hydrogen (secondary N) is 2. The highest BCUT2D eigenvalue weighted by molar-refractivity contribution is 5.96. The second-order valence-corrected chi connectivity index (χ2v) is 6.04. The van der Waals surface area contributed by atoms with Crippen LogP contribution >= 0.6 is 0 Å². The molecule has 0 bridgehead atoms. The summed E-state index contributed by atoms with van der Waals surface area (Å²) < 4.78 is 6.69. The van der Waals surface area contributed by atoms with Crippen molar-refractivity contribution in [3.63, 3.8) is 0 Å². The molecule has 1 heterocycles. The monoisotopic (exact) mass is 342 g/mol. The third kappa shape index (κ3) is 3.50. The van der Waals surface area contributed by atoms with Gasteiger partial charge >= 0.3 is 5.97 Å². The number of carbonyl (C=O) groups is 2. The number of nitrogens with zero attached hydrogens (tertiary/aromatic N) is 2. The summed E-state index contributed by atoms with van der Waals surface area (Å²) in [4.78, 5) is 24.4. The fourth-order valence-corrected chi connectivity index (χ4v) is 2.61. The van der Waals surface area contributed by atoms with Gasteiger partial charge in [-0.05, 0) is 44.4 Å². The molecule has 1 saturated carbocycles. The van der Waals surface area contributed by atoms with Crippen LogP contribution in [-0.4, -0.2) is 41.4 Å². The lowest BCUT2D eigenvalue weighted by Gasteiger charge is -2.13. The van der Waals surface area contributed by atoms with Crippen LogP contribution < -0.4 is 10.6 Å². The van der Waals surface area contributed by atoms with Gasteiger partial charge < -0.3 is 15.4 Å². The van der Waals surface area contributed by atoms with Gasteiger partial charge in [0, 0.05) is 18.7 Å². The Kier molecular flexibility index (Phi) is 4.74. The molecule has 2 N–H and O–H groups in total. The Balaban J connectivity index is 1.97. The van der Waals surface area contributed by atoms with Gasteiger partial charge in [-0.3, -0.25) is 4.79 Å². The van der Waals surface area contributed by atoms with Crippen LogP contribution in [-0.2, 0) is 4.74 Å². The number of ether oxygens (including phenoxy) is 1. The molecule has 7 nitrogen and oxygen atoms in total. The summed E-state index contributed by atoms with van der Waals surface area (Å²) in [7, 11) is 1.72. The Labute approximate surface area is 146 Å². The number of aromatic nitrogens is 2. The zero-order chi connectivity index (χ0) is 18.0. The topological polar surface area (TPSA) is 85.2 Å². The first-order valence-electron chi connectivity index (χ1n) is 8.40. The molecule has 1 aliphatic rings. The van der Waals surface area contributed by atoms with Gasteiger partial charge in [0.1, 0.15) is 11.4 Å². The van der Waals surface area contributed by atoms with Crippen molar-refractivity contribution < 1.29 is 14.3 Å². The highest BCUT2D eigenvalue weighted by atomic mass is 16.5. The third-order valence-corrected chi connectivity index (χ3v) is 4.11. The predicted molar refractivity (Wildman–Crippen MR) is 94.3 cm³/mol. The van der Waals surface area contributed by atoms with Crippen LogP contribution in [0.5, 0.6) is 0 Å². The molecule has 7 heteroatoms. The van der Waals surface area contributed by atoms with Crippen LogP contribution in [0.2, 0.25) is 0 Å². The van der Waals surface area contributed by atoms with Gasteiger partial charge in [0.25, 0.3) is 5.91 Å². The zero-order valence-electron chi connectivity index (χ0n) is 14.6. The molecule has 2 aromatic rings. The molecule has 1 aliphatic carbocycles. The molecule has 3 rings (SSSR count). The molecule has 0 spiro atoms. The second kappa shape index (κ2) is 6.96. The number of carbonyl (C=O) groups excluding carboxylic acids is 2. The van der Waals surface area contributed by atoms with Gasteiger partial charge in [-0.2, -0.15) is 5.10 Å². The summed E-state index contributed by atoms with van der Waals surface area (Å²) in [5, 5.41) is 10.3. The van der Waals surface area contributed by atoms with E-state index in [1.807, 2.05) is 13.0 Å². The van der Waals surface area contributed by atoms with Gasteiger partial charge in [0.05, 0.1) is 18.5 Å². The molecule has 1 aromatic heterocycles. The maximum atomic E-state index is 12.3. The van der Waals surface area contributed by atoms with E-state index in [2.05, 4.69) is 15.7 Å². The quantitative estimate of drug-likeness (QED) is 0.787. The van der Waals surface area contributed by atoms with E-state index >= 15 is 0 Å². The molecular weight excluding hydrogens is 320 g/mol. The van der Waals surface area contributed by atoms with Crippen LogP contribution in [0.3, 0.4) is 0 Å². The van der Waals surface area contributed by atoms with Crippen molar-refractivity contribution in [2.75, 3.05) is 19.0 Å². The minimum atomic E-state index is -0.432. The van der Waals surface area contributed by atoms with Crippen molar-refractivity contribution in [1.82, 2.24) is 15.1 Å². The lowest BCUT2D eigenvalue weighted by Crippen LogP contribution is -2.25. The highest BCUT2D eigenvalue weighted by Gasteiger charge is 2.24. The van der Waals surface area contributed by atoms with Crippen molar-refractivity contribution >= 4 is 17.7 Å². The number of hydrogen-bond acceptors (Lipinski definition) is 5. The maximum Gasteiger partial charge on any atom is 0.343 e. The number of anilines is 1. The highest BCUT2D eigenvalue weighted by Crippen LogP contribution is 2.25. The van der Waals surface area contributed by atoms with Gasteiger partial charge in [0.15, 0.2) is 0 Å². The summed E-state index contributed by atoms with van der Waals surface area (Å²) in [6, 6.07) is 5.76. The largest absolute Gasteiger partial charge is 0.462 e. The van der Waals surface area contributed by atoms with Crippen LogP contribution in [0.4, 0.5) is 5.82 Å². The average Bonchev–Trinajstić information content (AvgIpc) is 3.30. The summed E-state index contributed by atoms with van der Waals surface area (Å²) >= 11 is 0. The van der Waals surface area contributed by atoms with E-state index in [1.165, 1.54) is 6.20 Å². The smallest absolute Gasteiger partial charge is 0.343 e.